The summed E-state index contributed by atoms with van der Waals surface area (Å²) in [4.78, 5) is 0. The van der Waals surface area contributed by atoms with Crippen molar-refractivity contribution in [2.24, 2.45) is 46.3 Å². The lowest BCUT2D eigenvalue weighted by Gasteiger charge is -2.65. The van der Waals surface area contributed by atoms with Gasteiger partial charge in [-0.3, -0.25) is 0 Å². The molecule has 0 aromatic heterocycles. The van der Waals surface area contributed by atoms with Crippen molar-refractivity contribution in [3.63, 3.8) is 0 Å². The van der Waals surface area contributed by atoms with Gasteiger partial charge in [-0.1, -0.05) is 26.8 Å². The van der Waals surface area contributed by atoms with E-state index in [0.717, 1.165) is 50.2 Å². The van der Waals surface area contributed by atoms with Crippen molar-refractivity contribution in [3.05, 3.63) is 12.7 Å². The number of rotatable bonds is 2. The van der Waals surface area contributed by atoms with Gasteiger partial charge in [-0.15, -0.1) is 6.58 Å². The highest BCUT2D eigenvalue weighted by Crippen LogP contribution is 2.71. The van der Waals surface area contributed by atoms with Crippen LogP contribution in [0.4, 0.5) is 0 Å². The van der Waals surface area contributed by atoms with Crippen LogP contribution in [0.1, 0.15) is 79.6 Å². The molecule has 6 fully saturated rings. The summed E-state index contributed by atoms with van der Waals surface area (Å²) in [7, 11) is 0. The Kier molecular flexibility index (Phi) is 4.87. The lowest BCUT2D eigenvalue weighted by atomic mass is 9.42. The van der Waals surface area contributed by atoms with Crippen molar-refractivity contribution in [1.29, 1.82) is 0 Å². The Labute approximate surface area is 194 Å². The van der Waals surface area contributed by atoms with E-state index in [9.17, 15) is 0 Å². The van der Waals surface area contributed by atoms with Crippen LogP contribution in [0.3, 0.4) is 0 Å². The summed E-state index contributed by atoms with van der Waals surface area (Å²) in [6.45, 7) is 17.3. The zero-order valence-corrected chi connectivity index (χ0v) is 20.9. The van der Waals surface area contributed by atoms with Gasteiger partial charge < -0.3 is 18.9 Å². The van der Waals surface area contributed by atoms with Crippen LogP contribution in [-0.2, 0) is 18.9 Å². The van der Waals surface area contributed by atoms with Gasteiger partial charge in [-0.2, -0.15) is 0 Å². The van der Waals surface area contributed by atoms with Gasteiger partial charge in [-0.25, -0.2) is 0 Å². The molecule has 4 heteroatoms. The quantitative estimate of drug-likeness (QED) is 0.493. The Morgan fingerprint density at radius 2 is 1.56 bits per heavy atom. The Morgan fingerprint density at radius 3 is 2.28 bits per heavy atom. The van der Waals surface area contributed by atoms with E-state index in [1.807, 2.05) is 0 Å². The molecule has 6 aliphatic rings. The molecule has 2 saturated heterocycles. The fourth-order valence-electron chi connectivity index (χ4n) is 10.2. The Morgan fingerprint density at radius 1 is 0.875 bits per heavy atom. The molecule has 4 aliphatic carbocycles. The van der Waals surface area contributed by atoms with Crippen LogP contribution in [0.15, 0.2) is 12.7 Å². The van der Waals surface area contributed by atoms with Gasteiger partial charge in [0.05, 0.1) is 25.4 Å². The zero-order valence-electron chi connectivity index (χ0n) is 20.9. The average Bonchev–Trinajstić information content (AvgIpc) is 3.40. The number of fused-ring (bicyclic) bond motifs is 7. The second kappa shape index (κ2) is 7.06. The molecule has 2 heterocycles. The molecule has 180 valence electrons. The van der Waals surface area contributed by atoms with Crippen LogP contribution in [0.2, 0.25) is 0 Å². The molecule has 0 radical (unpaired) electrons. The predicted molar refractivity (Wildman–Crippen MR) is 124 cm³/mol. The lowest BCUT2D eigenvalue weighted by molar-refractivity contribution is -0.300. The van der Waals surface area contributed by atoms with E-state index >= 15 is 0 Å². The SMILES string of the molecule is C=C[C@@H](C)[C@H]1CCC2C3CC4(OCCO4)[C@H]4CC5OC(C)(C)O[C@@H]5C[C@]4(C)C3CC[C@@]21C. The van der Waals surface area contributed by atoms with E-state index < -0.39 is 11.6 Å². The molecule has 0 amide bonds. The highest BCUT2D eigenvalue weighted by Gasteiger charge is 2.69. The fraction of sp³-hybridized carbons (Fsp3) is 0.929. The van der Waals surface area contributed by atoms with E-state index in [4.69, 9.17) is 18.9 Å². The van der Waals surface area contributed by atoms with E-state index in [1.54, 1.807) is 0 Å². The zero-order chi connectivity index (χ0) is 22.5. The molecule has 0 aromatic rings. The number of ether oxygens (including phenoxy) is 4. The van der Waals surface area contributed by atoms with Crippen molar-refractivity contribution < 1.29 is 18.9 Å². The molecule has 0 aromatic carbocycles. The minimum atomic E-state index is -0.478. The topological polar surface area (TPSA) is 36.9 Å². The molecule has 0 N–H and O–H groups in total. The maximum absolute atomic E-state index is 6.61. The van der Waals surface area contributed by atoms with Crippen LogP contribution in [-0.4, -0.2) is 37.0 Å². The number of hydrogen-bond donors (Lipinski definition) is 0. The second-order valence-electron chi connectivity index (χ2n) is 13.1. The summed E-state index contributed by atoms with van der Waals surface area (Å²) >= 11 is 0. The van der Waals surface area contributed by atoms with E-state index in [0.29, 0.717) is 23.2 Å². The monoisotopic (exact) mass is 444 g/mol. The maximum atomic E-state index is 6.61. The highest BCUT2D eigenvalue weighted by atomic mass is 16.8. The fourth-order valence-corrected chi connectivity index (χ4v) is 10.2. The first-order valence-electron chi connectivity index (χ1n) is 13.4. The van der Waals surface area contributed by atoms with Crippen molar-refractivity contribution in [3.8, 4) is 0 Å². The third kappa shape index (κ3) is 2.88. The molecule has 6 rings (SSSR count). The van der Waals surface area contributed by atoms with E-state index in [-0.39, 0.29) is 17.6 Å². The molecular formula is C28H44O4. The first-order chi connectivity index (χ1) is 15.1. The van der Waals surface area contributed by atoms with Gasteiger partial charge >= 0.3 is 0 Å². The second-order valence-corrected chi connectivity index (χ2v) is 13.1. The smallest absolute Gasteiger partial charge is 0.172 e. The normalized spacial score (nSPS) is 53.8. The number of hydrogen-bond acceptors (Lipinski definition) is 4. The molecule has 2 aliphatic heterocycles. The first-order valence-corrected chi connectivity index (χ1v) is 13.4. The molecule has 1 spiro atoms. The summed E-state index contributed by atoms with van der Waals surface area (Å²) in [6, 6.07) is 0. The van der Waals surface area contributed by atoms with Crippen LogP contribution in [0.5, 0.6) is 0 Å². The van der Waals surface area contributed by atoms with Gasteiger partial charge in [0.25, 0.3) is 0 Å². The minimum absolute atomic E-state index is 0.169. The first kappa shape index (κ1) is 22.1. The van der Waals surface area contributed by atoms with Crippen LogP contribution >= 0.6 is 0 Å². The third-order valence-corrected chi connectivity index (χ3v) is 11.4. The Hall–Kier alpha value is -0.420. The average molecular weight is 445 g/mol. The molecule has 4 unspecified atom stereocenters. The summed E-state index contributed by atoms with van der Waals surface area (Å²) in [5.74, 6) is 3.05. The summed E-state index contributed by atoms with van der Waals surface area (Å²) in [5.41, 5.74) is 0.603. The molecule has 0 bridgehead atoms. The van der Waals surface area contributed by atoms with Crippen molar-refractivity contribution in [2.75, 3.05) is 13.2 Å². The molecule has 4 nitrogen and oxygen atoms in total. The van der Waals surface area contributed by atoms with E-state index in [1.165, 1.54) is 25.7 Å². The maximum Gasteiger partial charge on any atom is 0.172 e. The highest BCUT2D eigenvalue weighted by molar-refractivity contribution is 5.16. The minimum Gasteiger partial charge on any atom is -0.347 e. The predicted octanol–water partition coefficient (Wildman–Crippen LogP) is 5.95. The molecule has 4 saturated carbocycles. The number of allylic oxidation sites excluding steroid dienone is 1. The largest absolute Gasteiger partial charge is 0.347 e. The van der Waals surface area contributed by atoms with Crippen LogP contribution < -0.4 is 0 Å². The molecule has 10 atom stereocenters. The van der Waals surface area contributed by atoms with E-state index in [2.05, 4.69) is 47.3 Å². The van der Waals surface area contributed by atoms with Crippen molar-refractivity contribution >= 4 is 0 Å². The van der Waals surface area contributed by atoms with Gasteiger partial charge in [0.2, 0.25) is 0 Å². The third-order valence-electron chi connectivity index (χ3n) is 11.4. The summed E-state index contributed by atoms with van der Waals surface area (Å²) in [5, 5.41) is 0. The molecular weight excluding hydrogens is 400 g/mol. The summed E-state index contributed by atoms with van der Waals surface area (Å²) < 4.78 is 26.0. The van der Waals surface area contributed by atoms with Crippen molar-refractivity contribution in [2.45, 2.75) is 103 Å². The van der Waals surface area contributed by atoms with Gasteiger partial charge in [-0.05, 0) is 92.8 Å². The van der Waals surface area contributed by atoms with Gasteiger partial charge in [0.15, 0.2) is 11.6 Å². The van der Waals surface area contributed by atoms with Crippen molar-refractivity contribution in [1.82, 2.24) is 0 Å². The van der Waals surface area contributed by atoms with Gasteiger partial charge in [0.1, 0.15) is 0 Å². The Bertz CT molecular complexity index is 771. The van der Waals surface area contributed by atoms with Crippen LogP contribution in [0.25, 0.3) is 0 Å². The standard InChI is InChI=1S/C28H44O4/c1-7-17(2)19-8-9-20-18-15-28(29-12-13-30-28)24-14-22-23(32-25(3,4)31-22)16-27(24,6)21(18)10-11-26(19,20)5/h7,17-24H,1,8-16H2,2-6H3/t17-,18?,19-,20?,21?,22?,23-,24+,26-,27-/m1/s1. The van der Waals surface area contributed by atoms with Gasteiger partial charge in [0, 0.05) is 12.3 Å². The van der Waals surface area contributed by atoms with Crippen LogP contribution in [0, 0.1) is 46.3 Å². The molecule has 32 heavy (non-hydrogen) atoms. The summed E-state index contributed by atoms with van der Waals surface area (Å²) in [6.07, 6.45) is 11.1. The Balaban J connectivity index is 1.37. The lowest BCUT2D eigenvalue weighted by Crippen LogP contribution is -2.65.